The molecule has 0 saturated heterocycles. The van der Waals surface area contributed by atoms with E-state index in [-0.39, 0.29) is 0 Å². The van der Waals surface area contributed by atoms with Gasteiger partial charge in [0.25, 0.3) is 0 Å². The quantitative estimate of drug-likeness (QED) is 0.748. The molecule has 0 fully saturated rings. The van der Waals surface area contributed by atoms with E-state index >= 15 is 0 Å². The first-order chi connectivity index (χ1) is 9.21. The average molecular weight is 260 g/mol. The van der Waals surface area contributed by atoms with Crippen LogP contribution in [0.15, 0.2) is 36.8 Å². The molecule has 3 heteroatoms. The molecular formula is C16H24N2O. The summed E-state index contributed by atoms with van der Waals surface area (Å²) in [6, 6.07) is 7.37. The Labute approximate surface area is 116 Å². The van der Waals surface area contributed by atoms with Gasteiger partial charge in [0.2, 0.25) is 0 Å². The fourth-order valence-electron chi connectivity index (χ4n) is 1.29. The van der Waals surface area contributed by atoms with E-state index in [1.54, 1.807) is 18.5 Å². The van der Waals surface area contributed by atoms with Crippen LogP contribution < -0.4 is 0 Å². The van der Waals surface area contributed by atoms with E-state index in [9.17, 15) is 4.79 Å². The lowest BCUT2D eigenvalue weighted by Gasteiger charge is -2.00. The number of imidazole rings is 1. The number of carbonyl (C=O) groups excluding carboxylic acids is 1. The summed E-state index contributed by atoms with van der Waals surface area (Å²) in [6.45, 7) is 10.2. The minimum absolute atomic E-state index is 0.686. The molecule has 2 aromatic rings. The summed E-state index contributed by atoms with van der Waals surface area (Å²) < 4.78 is 1.92. The highest BCUT2D eigenvalue weighted by molar-refractivity contribution is 5.75. The Balaban J connectivity index is 0.000000573. The van der Waals surface area contributed by atoms with Crippen molar-refractivity contribution in [3.05, 3.63) is 48.0 Å². The highest BCUT2D eigenvalue weighted by Crippen LogP contribution is 2.09. The Hall–Kier alpha value is -1.90. The Morgan fingerprint density at radius 3 is 2.05 bits per heavy atom. The zero-order chi connectivity index (χ0) is 14.7. The summed E-state index contributed by atoms with van der Waals surface area (Å²) >= 11 is 0. The van der Waals surface area contributed by atoms with Crippen molar-refractivity contribution in [2.45, 2.75) is 41.0 Å². The maximum atomic E-state index is 10.4. The van der Waals surface area contributed by atoms with Crippen molar-refractivity contribution in [2.24, 2.45) is 0 Å². The first kappa shape index (κ1) is 17.1. The Bertz CT molecular complexity index is 458. The highest BCUT2D eigenvalue weighted by atomic mass is 16.1. The Kier molecular flexibility index (Phi) is 9.06. The van der Waals surface area contributed by atoms with Gasteiger partial charge in [-0.05, 0) is 31.2 Å². The van der Waals surface area contributed by atoms with Crippen LogP contribution in [-0.4, -0.2) is 15.8 Å². The van der Waals surface area contributed by atoms with Gasteiger partial charge in [0.1, 0.15) is 6.29 Å². The fraction of sp³-hybridized carbons (Fsp3) is 0.375. The summed E-state index contributed by atoms with van der Waals surface area (Å²) in [5.74, 6) is 0. The summed E-state index contributed by atoms with van der Waals surface area (Å²) in [6.07, 6.45) is 5.78. The number of hydrogen-bond donors (Lipinski definition) is 0. The number of aryl methyl sites for hydroxylation is 1. The average Bonchev–Trinajstić information content (AvgIpc) is 2.89. The van der Waals surface area contributed by atoms with E-state index in [2.05, 4.69) is 18.8 Å². The van der Waals surface area contributed by atoms with Gasteiger partial charge >= 0.3 is 0 Å². The molecule has 0 aliphatic heterocycles. The third-order valence-corrected chi connectivity index (χ3v) is 2.04. The smallest absolute Gasteiger partial charge is 0.150 e. The maximum Gasteiger partial charge on any atom is 0.150 e. The third kappa shape index (κ3) is 6.00. The van der Waals surface area contributed by atoms with Crippen molar-refractivity contribution in [3.63, 3.8) is 0 Å². The molecule has 0 aliphatic carbocycles. The molecule has 3 nitrogen and oxygen atoms in total. The molecule has 19 heavy (non-hydrogen) atoms. The van der Waals surface area contributed by atoms with Gasteiger partial charge in [-0.25, -0.2) is 4.98 Å². The number of nitrogens with zero attached hydrogens (tertiary/aromatic N) is 2. The topological polar surface area (TPSA) is 34.9 Å². The number of rotatable bonds is 2. The van der Waals surface area contributed by atoms with Crippen LogP contribution in [0.2, 0.25) is 0 Å². The molecule has 0 saturated carbocycles. The molecule has 0 N–H and O–H groups in total. The van der Waals surface area contributed by atoms with E-state index in [1.165, 1.54) is 6.42 Å². The minimum atomic E-state index is 0.686. The molecule has 0 atom stereocenters. The zero-order valence-corrected chi connectivity index (χ0v) is 12.6. The van der Waals surface area contributed by atoms with Gasteiger partial charge in [0.15, 0.2) is 0 Å². The molecular weight excluding hydrogens is 236 g/mol. The molecule has 1 heterocycles. The highest BCUT2D eigenvalue weighted by Gasteiger charge is 1.97. The van der Waals surface area contributed by atoms with Crippen LogP contribution in [0.5, 0.6) is 0 Å². The lowest BCUT2D eigenvalue weighted by molar-refractivity contribution is 0.112. The predicted molar refractivity (Wildman–Crippen MR) is 81.0 cm³/mol. The number of aldehydes is 1. The van der Waals surface area contributed by atoms with Gasteiger partial charge in [-0.3, -0.25) is 4.79 Å². The molecule has 0 bridgehead atoms. The van der Waals surface area contributed by atoms with Gasteiger partial charge in [-0.1, -0.05) is 34.1 Å². The predicted octanol–water partition coefficient (Wildman–Crippen LogP) is 4.44. The second-order valence-corrected chi connectivity index (χ2v) is 3.84. The first-order valence-corrected chi connectivity index (χ1v) is 6.77. The van der Waals surface area contributed by atoms with Crippen molar-refractivity contribution in [1.29, 1.82) is 0 Å². The molecule has 2 rings (SSSR count). The van der Waals surface area contributed by atoms with Crippen molar-refractivity contribution >= 4 is 6.29 Å². The van der Waals surface area contributed by atoms with Crippen LogP contribution >= 0.6 is 0 Å². The van der Waals surface area contributed by atoms with Crippen LogP contribution in [0, 0.1) is 6.92 Å². The molecule has 0 radical (unpaired) electrons. The van der Waals surface area contributed by atoms with Crippen LogP contribution in [0.25, 0.3) is 5.69 Å². The molecule has 0 aliphatic rings. The lowest BCUT2D eigenvalue weighted by atomic mass is 10.2. The molecule has 0 spiro atoms. The molecule has 0 amide bonds. The third-order valence-electron chi connectivity index (χ3n) is 2.04. The second-order valence-electron chi connectivity index (χ2n) is 3.84. The van der Waals surface area contributed by atoms with Crippen LogP contribution in [-0.2, 0) is 0 Å². The van der Waals surface area contributed by atoms with Crippen molar-refractivity contribution in [2.75, 3.05) is 0 Å². The summed E-state index contributed by atoms with van der Waals surface area (Å²) in [5, 5.41) is 0. The summed E-state index contributed by atoms with van der Waals surface area (Å²) in [4.78, 5) is 14.6. The van der Waals surface area contributed by atoms with Gasteiger partial charge < -0.3 is 4.57 Å². The van der Waals surface area contributed by atoms with E-state index in [0.29, 0.717) is 5.56 Å². The van der Waals surface area contributed by atoms with E-state index < -0.39 is 0 Å². The minimum Gasteiger partial charge on any atom is -0.306 e. The molecule has 1 aromatic heterocycles. The Morgan fingerprint density at radius 1 is 1.16 bits per heavy atom. The van der Waals surface area contributed by atoms with Crippen molar-refractivity contribution in [1.82, 2.24) is 9.55 Å². The van der Waals surface area contributed by atoms with Gasteiger partial charge in [0, 0.05) is 17.4 Å². The number of aromatic nitrogens is 2. The first-order valence-electron chi connectivity index (χ1n) is 6.77. The largest absolute Gasteiger partial charge is 0.306 e. The standard InChI is InChI=1S/C11H10N2O.C3H8.C2H6/c1-9-6-13(8-12-9)11-4-2-10(7-14)3-5-11;1-3-2;1-2/h2-8H,1H3;3H2,1-2H3;1-2H3. The van der Waals surface area contributed by atoms with E-state index in [4.69, 9.17) is 0 Å². The normalized spacial score (nSPS) is 8.68. The lowest BCUT2D eigenvalue weighted by Crippen LogP contribution is -1.89. The zero-order valence-electron chi connectivity index (χ0n) is 12.6. The van der Waals surface area contributed by atoms with Crippen LogP contribution in [0.1, 0.15) is 50.2 Å². The van der Waals surface area contributed by atoms with Gasteiger partial charge in [-0.2, -0.15) is 0 Å². The molecule has 0 unspecified atom stereocenters. The summed E-state index contributed by atoms with van der Waals surface area (Å²) in [7, 11) is 0. The number of benzene rings is 1. The van der Waals surface area contributed by atoms with Crippen molar-refractivity contribution in [3.8, 4) is 5.69 Å². The number of carbonyl (C=O) groups is 1. The SMILES string of the molecule is CC.CCC.Cc1cn(-c2ccc(C=O)cc2)cn1. The molecule has 104 valence electrons. The number of hydrogen-bond acceptors (Lipinski definition) is 2. The monoisotopic (exact) mass is 260 g/mol. The van der Waals surface area contributed by atoms with Crippen LogP contribution in [0.4, 0.5) is 0 Å². The Morgan fingerprint density at radius 2 is 1.68 bits per heavy atom. The van der Waals surface area contributed by atoms with E-state index in [0.717, 1.165) is 17.7 Å². The summed E-state index contributed by atoms with van der Waals surface area (Å²) in [5.41, 5.74) is 2.67. The van der Waals surface area contributed by atoms with E-state index in [1.807, 2.05) is 43.7 Å². The molecule has 1 aromatic carbocycles. The van der Waals surface area contributed by atoms with Gasteiger partial charge in [0.05, 0.1) is 12.0 Å². The second kappa shape index (κ2) is 10.1. The maximum absolute atomic E-state index is 10.4. The van der Waals surface area contributed by atoms with Crippen LogP contribution in [0.3, 0.4) is 0 Å². The van der Waals surface area contributed by atoms with Crippen molar-refractivity contribution < 1.29 is 4.79 Å². The van der Waals surface area contributed by atoms with Gasteiger partial charge in [-0.15, -0.1) is 0 Å². The fourth-order valence-corrected chi connectivity index (χ4v) is 1.29.